The predicted octanol–water partition coefficient (Wildman–Crippen LogP) is 4.68. The molecule has 0 radical (unpaired) electrons. The Kier molecular flexibility index (Phi) is 6.19. The maximum atomic E-state index is 12.8. The van der Waals surface area contributed by atoms with Crippen LogP contribution in [-0.2, 0) is 9.59 Å². The van der Waals surface area contributed by atoms with Gasteiger partial charge in [-0.1, -0.05) is 41.4 Å². The molecule has 1 N–H and O–H groups in total. The highest BCUT2D eigenvalue weighted by molar-refractivity contribution is 9.10. The van der Waals surface area contributed by atoms with Crippen LogP contribution in [0.25, 0.3) is 5.76 Å². The van der Waals surface area contributed by atoms with Crippen molar-refractivity contribution in [2.45, 2.75) is 25.8 Å². The summed E-state index contributed by atoms with van der Waals surface area (Å²) < 4.78 is 6.04. The second kappa shape index (κ2) is 8.61. The van der Waals surface area contributed by atoms with Gasteiger partial charge in [0.25, 0.3) is 11.7 Å². The van der Waals surface area contributed by atoms with Crippen molar-refractivity contribution in [3.63, 3.8) is 0 Å². The number of carbonyl (C=O) groups excluding carboxylic acids is 2. The zero-order valence-electron chi connectivity index (χ0n) is 15.8. The van der Waals surface area contributed by atoms with E-state index in [1.165, 1.54) is 0 Å². The molecule has 0 aromatic heterocycles. The molecule has 0 unspecified atom stereocenters. The highest BCUT2D eigenvalue weighted by Gasteiger charge is 2.45. The molecule has 6 heteroatoms. The highest BCUT2D eigenvalue weighted by Crippen LogP contribution is 2.40. The maximum Gasteiger partial charge on any atom is 0.295 e. The van der Waals surface area contributed by atoms with Gasteiger partial charge in [-0.2, -0.15) is 0 Å². The molecule has 0 spiro atoms. The van der Waals surface area contributed by atoms with Crippen LogP contribution < -0.4 is 4.74 Å². The van der Waals surface area contributed by atoms with Gasteiger partial charge < -0.3 is 14.7 Å². The van der Waals surface area contributed by atoms with Gasteiger partial charge in [-0.15, -0.1) is 0 Å². The summed E-state index contributed by atoms with van der Waals surface area (Å²) in [5.74, 6) is -0.758. The first-order chi connectivity index (χ1) is 13.5. The zero-order valence-corrected chi connectivity index (χ0v) is 17.4. The number of aliphatic hydroxyl groups excluding tert-OH is 1. The Morgan fingerprint density at radius 1 is 1.11 bits per heavy atom. The molecule has 146 valence electrons. The summed E-state index contributed by atoms with van der Waals surface area (Å²) in [6.07, 6.45) is 1.68. The van der Waals surface area contributed by atoms with Crippen LogP contribution in [0.1, 0.15) is 36.9 Å². The summed E-state index contributed by atoms with van der Waals surface area (Å²) in [5.41, 5.74) is 1.37. The Morgan fingerprint density at radius 3 is 2.32 bits per heavy atom. The van der Waals surface area contributed by atoms with Gasteiger partial charge in [0, 0.05) is 16.6 Å². The van der Waals surface area contributed by atoms with Crippen LogP contribution in [0.3, 0.4) is 0 Å². The molecule has 2 aromatic rings. The van der Waals surface area contributed by atoms with Crippen molar-refractivity contribution in [1.82, 2.24) is 4.90 Å². The van der Waals surface area contributed by atoms with Crippen molar-refractivity contribution in [2.24, 2.45) is 0 Å². The second-order valence-electron chi connectivity index (χ2n) is 6.63. The van der Waals surface area contributed by atoms with E-state index in [0.29, 0.717) is 17.9 Å². The number of benzene rings is 2. The van der Waals surface area contributed by atoms with Gasteiger partial charge in [0.1, 0.15) is 11.5 Å². The van der Waals surface area contributed by atoms with Crippen molar-refractivity contribution in [2.75, 3.05) is 13.7 Å². The number of halogens is 1. The Morgan fingerprint density at radius 2 is 1.75 bits per heavy atom. The van der Waals surface area contributed by atoms with Gasteiger partial charge in [0.15, 0.2) is 0 Å². The standard InChI is InChI=1S/C22H22BrNO4/c1-3-4-13-24-19(14-5-9-16(23)10-6-14)18(21(26)22(24)27)20(25)15-7-11-17(28-2)12-8-15/h5-12,19,25H,3-4,13H2,1-2H3/t19-/m1/s1. The molecule has 0 aliphatic carbocycles. The molecule has 3 rings (SSSR count). The van der Waals surface area contributed by atoms with E-state index in [1.54, 1.807) is 36.3 Å². The van der Waals surface area contributed by atoms with Crippen molar-refractivity contribution in [3.8, 4) is 5.75 Å². The van der Waals surface area contributed by atoms with Crippen LogP contribution >= 0.6 is 15.9 Å². The van der Waals surface area contributed by atoms with Crippen molar-refractivity contribution in [3.05, 3.63) is 69.7 Å². The van der Waals surface area contributed by atoms with E-state index in [4.69, 9.17) is 4.74 Å². The van der Waals surface area contributed by atoms with Crippen molar-refractivity contribution in [1.29, 1.82) is 0 Å². The quantitative estimate of drug-likeness (QED) is 0.399. The minimum Gasteiger partial charge on any atom is -0.507 e. The Balaban J connectivity index is 2.12. The average Bonchev–Trinajstić information content (AvgIpc) is 2.97. The van der Waals surface area contributed by atoms with Crippen LogP contribution in [0.15, 0.2) is 58.6 Å². The van der Waals surface area contributed by atoms with Crippen molar-refractivity contribution >= 4 is 33.4 Å². The summed E-state index contributed by atoms with van der Waals surface area (Å²) in [6.45, 7) is 2.49. The number of rotatable bonds is 6. The Hall–Kier alpha value is -2.60. The number of Topliss-reactive ketones (excluding diaryl/α,β-unsaturated/α-hetero) is 1. The monoisotopic (exact) mass is 443 g/mol. The minimum absolute atomic E-state index is 0.119. The van der Waals surface area contributed by atoms with Gasteiger partial charge in [-0.3, -0.25) is 9.59 Å². The first kappa shape index (κ1) is 20.1. The SMILES string of the molecule is CCCCN1C(=O)C(=O)C(=C(O)c2ccc(OC)cc2)[C@H]1c1ccc(Br)cc1. The van der Waals surface area contributed by atoms with Crippen LogP contribution in [0.4, 0.5) is 0 Å². The number of methoxy groups -OCH3 is 1. The van der Waals surface area contributed by atoms with Gasteiger partial charge >= 0.3 is 0 Å². The summed E-state index contributed by atoms with van der Waals surface area (Å²) in [7, 11) is 1.56. The van der Waals surface area contributed by atoms with Gasteiger partial charge in [-0.25, -0.2) is 0 Å². The Bertz CT molecular complexity index is 903. The fourth-order valence-corrected chi connectivity index (χ4v) is 3.60. The summed E-state index contributed by atoms with van der Waals surface area (Å²) in [4.78, 5) is 27.1. The van der Waals surface area contributed by atoms with E-state index < -0.39 is 17.7 Å². The highest BCUT2D eigenvalue weighted by atomic mass is 79.9. The van der Waals surface area contributed by atoms with Gasteiger partial charge in [0.2, 0.25) is 0 Å². The number of ether oxygens (including phenoxy) is 1. The van der Waals surface area contributed by atoms with E-state index in [2.05, 4.69) is 15.9 Å². The average molecular weight is 444 g/mol. The lowest BCUT2D eigenvalue weighted by Crippen LogP contribution is -2.30. The fraction of sp³-hybridized carbons (Fsp3) is 0.273. The van der Waals surface area contributed by atoms with Crippen LogP contribution in [0.2, 0.25) is 0 Å². The molecule has 2 aromatic carbocycles. The van der Waals surface area contributed by atoms with Gasteiger partial charge in [0.05, 0.1) is 18.7 Å². The lowest BCUT2D eigenvalue weighted by Gasteiger charge is -2.25. The van der Waals surface area contributed by atoms with Crippen LogP contribution in [0, 0.1) is 0 Å². The van der Waals surface area contributed by atoms with Crippen molar-refractivity contribution < 1.29 is 19.4 Å². The number of amides is 1. The summed E-state index contributed by atoms with van der Waals surface area (Å²) in [6, 6.07) is 13.6. The molecule has 5 nitrogen and oxygen atoms in total. The fourth-order valence-electron chi connectivity index (χ4n) is 3.34. The number of nitrogens with zero attached hydrogens (tertiary/aromatic N) is 1. The predicted molar refractivity (Wildman–Crippen MR) is 111 cm³/mol. The van der Waals surface area contributed by atoms with E-state index in [1.807, 2.05) is 31.2 Å². The van der Waals surface area contributed by atoms with Crippen LogP contribution in [0.5, 0.6) is 5.75 Å². The van der Waals surface area contributed by atoms with Crippen LogP contribution in [-0.4, -0.2) is 35.4 Å². The number of aliphatic hydroxyl groups is 1. The molecule has 0 bridgehead atoms. The molecule has 28 heavy (non-hydrogen) atoms. The third-order valence-corrected chi connectivity index (χ3v) is 5.37. The molecular formula is C22H22BrNO4. The molecule has 1 aliphatic rings. The number of unbranched alkanes of at least 4 members (excludes halogenated alkanes) is 1. The van der Waals surface area contributed by atoms with E-state index in [-0.39, 0.29) is 11.3 Å². The molecule has 1 amide bonds. The molecule has 1 aliphatic heterocycles. The topological polar surface area (TPSA) is 66.8 Å². The smallest absolute Gasteiger partial charge is 0.295 e. The molecule has 0 saturated carbocycles. The van der Waals surface area contributed by atoms with E-state index >= 15 is 0 Å². The van der Waals surface area contributed by atoms with E-state index in [0.717, 1.165) is 22.9 Å². The second-order valence-corrected chi connectivity index (χ2v) is 7.54. The third kappa shape index (κ3) is 3.83. The normalized spacial score (nSPS) is 18.5. The zero-order chi connectivity index (χ0) is 20.3. The summed E-state index contributed by atoms with van der Waals surface area (Å²) >= 11 is 3.41. The molecular weight excluding hydrogens is 422 g/mol. The number of hydrogen-bond donors (Lipinski definition) is 1. The lowest BCUT2D eigenvalue weighted by molar-refractivity contribution is -0.139. The molecule has 1 fully saturated rings. The molecule has 1 saturated heterocycles. The van der Waals surface area contributed by atoms with Gasteiger partial charge in [-0.05, 0) is 48.4 Å². The largest absolute Gasteiger partial charge is 0.507 e. The van der Waals surface area contributed by atoms with E-state index in [9.17, 15) is 14.7 Å². The molecule has 1 atom stereocenters. The number of carbonyl (C=O) groups is 2. The minimum atomic E-state index is -0.655. The first-order valence-corrected chi connectivity index (χ1v) is 9.95. The third-order valence-electron chi connectivity index (χ3n) is 4.84. The summed E-state index contributed by atoms with van der Waals surface area (Å²) in [5, 5.41) is 10.9. The number of ketones is 1. The Labute approximate surface area is 172 Å². The number of hydrogen-bond acceptors (Lipinski definition) is 4. The maximum absolute atomic E-state index is 12.8. The number of likely N-dealkylation sites (tertiary alicyclic amines) is 1. The lowest BCUT2D eigenvalue weighted by atomic mass is 9.95. The first-order valence-electron chi connectivity index (χ1n) is 9.16. The molecule has 1 heterocycles.